The van der Waals surface area contributed by atoms with Crippen LogP contribution in [0, 0.1) is 11.8 Å². The summed E-state index contributed by atoms with van der Waals surface area (Å²) in [5.74, 6) is 0.914. The molecule has 3 atom stereocenters. The molecule has 1 aromatic heterocycles. The molecular formula is C13H21N3O2S. The van der Waals surface area contributed by atoms with Gasteiger partial charge in [0.15, 0.2) is 5.03 Å². The van der Waals surface area contributed by atoms with Crippen LogP contribution in [0.15, 0.2) is 23.4 Å². The summed E-state index contributed by atoms with van der Waals surface area (Å²) in [5, 5.41) is 2.94. The minimum absolute atomic E-state index is 0.00622. The third-order valence-electron chi connectivity index (χ3n) is 4.07. The molecule has 0 radical (unpaired) electrons. The number of sulfonamides is 1. The number of rotatable bonds is 4. The van der Waals surface area contributed by atoms with Crippen molar-refractivity contribution in [2.45, 2.75) is 37.8 Å². The minimum atomic E-state index is -3.57. The van der Waals surface area contributed by atoms with Crippen molar-refractivity contribution in [3.05, 3.63) is 18.3 Å². The van der Waals surface area contributed by atoms with Crippen LogP contribution in [0.25, 0.3) is 0 Å². The van der Waals surface area contributed by atoms with E-state index >= 15 is 0 Å². The molecule has 19 heavy (non-hydrogen) atoms. The second kappa shape index (κ2) is 5.46. The van der Waals surface area contributed by atoms with Crippen molar-refractivity contribution in [3.8, 4) is 0 Å². The molecule has 0 amide bonds. The molecule has 2 rings (SSSR count). The van der Waals surface area contributed by atoms with Gasteiger partial charge in [-0.25, -0.2) is 18.1 Å². The Bertz CT molecular complexity index is 545. The van der Waals surface area contributed by atoms with Crippen molar-refractivity contribution in [1.29, 1.82) is 0 Å². The van der Waals surface area contributed by atoms with E-state index < -0.39 is 10.0 Å². The fraction of sp³-hybridized carbons (Fsp3) is 0.615. The minimum Gasteiger partial charge on any atom is -0.386 e. The maximum atomic E-state index is 12.4. The SMILES string of the molecule is CNc1cccnc1S(=O)(=O)NC1CCC(C)C1C. The lowest BCUT2D eigenvalue weighted by Gasteiger charge is -2.20. The highest BCUT2D eigenvalue weighted by Gasteiger charge is 2.34. The number of nitrogens with one attached hydrogen (secondary N) is 2. The van der Waals surface area contributed by atoms with E-state index in [2.05, 4.69) is 28.9 Å². The van der Waals surface area contributed by atoms with Gasteiger partial charge in [0.25, 0.3) is 10.0 Å². The van der Waals surface area contributed by atoms with Gasteiger partial charge in [0, 0.05) is 19.3 Å². The van der Waals surface area contributed by atoms with Crippen LogP contribution in [-0.4, -0.2) is 26.5 Å². The van der Waals surface area contributed by atoms with Crippen LogP contribution in [0.5, 0.6) is 0 Å². The largest absolute Gasteiger partial charge is 0.386 e. The van der Waals surface area contributed by atoms with Crippen molar-refractivity contribution >= 4 is 15.7 Å². The smallest absolute Gasteiger partial charge is 0.260 e. The first kappa shape index (κ1) is 14.3. The molecule has 0 spiro atoms. The second-order valence-corrected chi connectivity index (χ2v) is 6.88. The van der Waals surface area contributed by atoms with Crippen molar-refractivity contribution < 1.29 is 8.42 Å². The summed E-state index contributed by atoms with van der Waals surface area (Å²) in [6.45, 7) is 4.26. The summed E-state index contributed by atoms with van der Waals surface area (Å²) >= 11 is 0. The zero-order valence-electron chi connectivity index (χ0n) is 11.6. The summed E-state index contributed by atoms with van der Waals surface area (Å²) in [5.41, 5.74) is 0.522. The lowest BCUT2D eigenvalue weighted by atomic mass is 9.98. The number of aromatic nitrogens is 1. The Morgan fingerprint density at radius 1 is 1.32 bits per heavy atom. The van der Waals surface area contributed by atoms with E-state index in [1.54, 1.807) is 19.2 Å². The number of anilines is 1. The van der Waals surface area contributed by atoms with Crippen LogP contribution in [0.4, 0.5) is 5.69 Å². The van der Waals surface area contributed by atoms with Crippen LogP contribution >= 0.6 is 0 Å². The number of hydrogen-bond acceptors (Lipinski definition) is 4. The molecule has 1 saturated carbocycles. The fourth-order valence-electron chi connectivity index (χ4n) is 2.58. The standard InChI is InChI=1S/C13H21N3O2S/c1-9-6-7-11(10(9)2)16-19(17,18)13-12(14-3)5-4-8-15-13/h4-5,8-11,14,16H,6-7H2,1-3H3. The van der Waals surface area contributed by atoms with Gasteiger partial charge in [0.1, 0.15) is 0 Å². The zero-order valence-corrected chi connectivity index (χ0v) is 12.4. The zero-order chi connectivity index (χ0) is 14.0. The molecule has 0 aliphatic heterocycles. The molecule has 5 nitrogen and oxygen atoms in total. The molecule has 6 heteroatoms. The summed E-state index contributed by atoms with van der Waals surface area (Å²) in [6.07, 6.45) is 3.45. The van der Waals surface area contributed by atoms with E-state index in [-0.39, 0.29) is 11.1 Å². The quantitative estimate of drug-likeness (QED) is 0.884. The first-order chi connectivity index (χ1) is 8.95. The van der Waals surface area contributed by atoms with Gasteiger partial charge in [0.2, 0.25) is 0 Å². The first-order valence-corrected chi connectivity index (χ1v) is 8.09. The predicted molar refractivity (Wildman–Crippen MR) is 75.5 cm³/mol. The van der Waals surface area contributed by atoms with Crippen LogP contribution in [0.2, 0.25) is 0 Å². The molecule has 0 bridgehead atoms. The Morgan fingerprint density at radius 3 is 2.63 bits per heavy atom. The Morgan fingerprint density at radius 2 is 2.05 bits per heavy atom. The van der Waals surface area contributed by atoms with Gasteiger partial charge in [-0.1, -0.05) is 13.8 Å². The van der Waals surface area contributed by atoms with Crippen molar-refractivity contribution in [3.63, 3.8) is 0 Å². The third-order valence-corrected chi connectivity index (χ3v) is 5.51. The molecule has 2 N–H and O–H groups in total. The first-order valence-electron chi connectivity index (χ1n) is 6.61. The van der Waals surface area contributed by atoms with E-state index in [0.717, 1.165) is 12.8 Å². The lowest BCUT2D eigenvalue weighted by molar-refractivity contribution is 0.402. The monoisotopic (exact) mass is 283 g/mol. The topological polar surface area (TPSA) is 71.1 Å². The molecular weight excluding hydrogens is 262 g/mol. The van der Waals surface area contributed by atoms with Gasteiger partial charge in [-0.15, -0.1) is 0 Å². The average Bonchev–Trinajstić information content (AvgIpc) is 2.70. The van der Waals surface area contributed by atoms with E-state index in [1.807, 2.05) is 0 Å². The number of hydrogen-bond donors (Lipinski definition) is 2. The van der Waals surface area contributed by atoms with Crippen LogP contribution in [-0.2, 0) is 10.0 Å². The maximum absolute atomic E-state index is 12.4. The van der Waals surface area contributed by atoms with Gasteiger partial charge >= 0.3 is 0 Å². The predicted octanol–water partition coefficient (Wildman–Crippen LogP) is 1.84. The van der Waals surface area contributed by atoms with Gasteiger partial charge in [0.05, 0.1) is 5.69 Å². The van der Waals surface area contributed by atoms with Crippen LogP contribution in [0.1, 0.15) is 26.7 Å². The lowest BCUT2D eigenvalue weighted by Crippen LogP contribution is -2.37. The fourth-order valence-corrected chi connectivity index (χ4v) is 4.08. The summed E-state index contributed by atoms with van der Waals surface area (Å²) in [6, 6.07) is 3.43. The van der Waals surface area contributed by atoms with Crippen molar-refractivity contribution in [1.82, 2.24) is 9.71 Å². The van der Waals surface area contributed by atoms with Crippen LogP contribution < -0.4 is 10.0 Å². The second-order valence-electron chi connectivity index (χ2n) is 5.25. The van der Waals surface area contributed by atoms with Crippen molar-refractivity contribution in [2.75, 3.05) is 12.4 Å². The summed E-state index contributed by atoms with van der Waals surface area (Å²) in [4.78, 5) is 3.99. The molecule has 106 valence electrons. The molecule has 1 aromatic rings. The Labute approximate surface area is 114 Å². The van der Waals surface area contributed by atoms with Gasteiger partial charge in [-0.05, 0) is 36.8 Å². The van der Waals surface area contributed by atoms with Crippen molar-refractivity contribution in [2.24, 2.45) is 11.8 Å². The molecule has 0 saturated heterocycles. The molecule has 3 unspecified atom stereocenters. The van der Waals surface area contributed by atoms with Gasteiger partial charge in [-0.2, -0.15) is 0 Å². The number of nitrogens with zero attached hydrogens (tertiary/aromatic N) is 1. The molecule has 1 aliphatic rings. The van der Waals surface area contributed by atoms with Gasteiger partial charge in [-0.3, -0.25) is 0 Å². The highest BCUT2D eigenvalue weighted by atomic mass is 32.2. The Hall–Kier alpha value is -1.14. The van der Waals surface area contributed by atoms with E-state index in [9.17, 15) is 8.42 Å². The Kier molecular flexibility index (Phi) is 4.10. The average molecular weight is 283 g/mol. The van der Waals surface area contributed by atoms with E-state index in [1.165, 1.54) is 6.20 Å². The summed E-state index contributed by atoms with van der Waals surface area (Å²) < 4.78 is 27.6. The molecule has 0 aromatic carbocycles. The van der Waals surface area contributed by atoms with E-state index in [0.29, 0.717) is 17.5 Å². The molecule has 1 aliphatic carbocycles. The van der Waals surface area contributed by atoms with Gasteiger partial charge < -0.3 is 5.32 Å². The normalized spacial score (nSPS) is 27.4. The molecule has 1 fully saturated rings. The maximum Gasteiger partial charge on any atom is 0.260 e. The highest BCUT2D eigenvalue weighted by molar-refractivity contribution is 7.89. The number of pyridine rings is 1. The highest BCUT2D eigenvalue weighted by Crippen LogP contribution is 2.32. The summed E-state index contributed by atoms with van der Waals surface area (Å²) in [7, 11) is -1.88. The Balaban J connectivity index is 2.23. The van der Waals surface area contributed by atoms with Crippen LogP contribution in [0.3, 0.4) is 0 Å². The molecule has 1 heterocycles. The third kappa shape index (κ3) is 2.90. The van der Waals surface area contributed by atoms with E-state index in [4.69, 9.17) is 0 Å².